The number of amides is 2. The predicted octanol–water partition coefficient (Wildman–Crippen LogP) is 2.91. The highest BCUT2D eigenvalue weighted by Gasteiger charge is 2.06. The van der Waals surface area contributed by atoms with Gasteiger partial charge in [0.25, 0.3) is 0 Å². The number of ether oxygens (including phenoxy) is 1. The molecule has 23 heavy (non-hydrogen) atoms. The van der Waals surface area contributed by atoms with E-state index in [0.29, 0.717) is 17.0 Å². The molecule has 0 bridgehead atoms. The first kappa shape index (κ1) is 16.8. The molecule has 6 heteroatoms. The number of rotatable bonds is 6. The molecule has 122 valence electrons. The first-order valence-electron chi connectivity index (χ1n) is 7.23. The van der Waals surface area contributed by atoms with E-state index in [9.17, 15) is 9.18 Å². The van der Waals surface area contributed by atoms with Gasteiger partial charge >= 0.3 is 6.03 Å². The zero-order valence-electron chi connectivity index (χ0n) is 12.8. The Labute approximate surface area is 134 Å². The van der Waals surface area contributed by atoms with Gasteiger partial charge in [0.15, 0.2) is 0 Å². The number of benzene rings is 2. The molecular weight excluding hydrogens is 299 g/mol. The molecule has 0 aromatic heterocycles. The number of hydrogen-bond acceptors (Lipinski definition) is 3. The topological polar surface area (TPSA) is 70.6 Å². The minimum absolute atomic E-state index is 0.129. The lowest BCUT2D eigenvalue weighted by molar-refractivity contribution is 0.229. The lowest BCUT2D eigenvalue weighted by atomic mass is 10.2. The molecule has 1 atom stereocenters. The summed E-state index contributed by atoms with van der Waals surface area (Å²) in [5.41, 5.74) is 1.07. The molecule has 2 amide bonds. The number of nitrogens with one attached hydrogen (secondary N) is 2. The third kappa shape index (κ3) is 5.27. The molecule has 0 heterocycles. The molecule has 2 aromatic rings. The minimum atomic E-state index is -0.397. The van der Waals surface area contributed by atoms with E-state index < -0.39 is 6.03 Å². The monoisotopic (exact) mass is 318 g/mol. The lowest BCUT2D eigenvalue weighted by Gasteiger charge is -2.12. The number of carbonyl (C=O) groups is 1. The molecular formula is C17H19FN2O3. The summed E-state index contributed by atoms with van der Waals surface area (Å²) in [5.74, 6) is 0.267. The first-order chi connectivity index (χ1) is 11.1. The van der Waals surface area contributed by atoms with Crippen LogP contribution in [-0.4, -0.2) is 23.8 Å². The van der Waals surface area contributed by atoms with Gasteiger partial charge in [0.1, 0.15) is 18.2 Å². The molecule has 0 spiro atoms. The van der Waals surface area contributed by atoms with Crippen molar-refractivity contribution >= 4 is 11.7 Å². The Hall–Kier alpha value is -2.60. The van der Waals surface area contributed by atoms with Gasteiger partial charge in [0, 0.05) is 11.3 Å². The van der Waals surface area contributed by atoms with Crippen molar-refractivity contribution in [1.82, 2.24) is 5.32 Å². The van der Waals surface area contributed by atoms with Crippen LogP contribution >= 0.6 is 0 Å². The maximum absolute atomic E-state index is 13.5. The van der Waals surface area contributed by atoms with Gasteiger partial charge < -0.3 is 20.5 Å². The van der Waals surface area contributed by atoms with Gasteiger partial charge in [-0.3, -0.25) is 0 Å². The summed E-state index contributed by atoms with van der Waals surface area (Å²) < 4.78 is 19.0. The summed E-state index contributed by atoms with van der Waals surface area (Å²) in [6, 6.07) is 12.4. The van der Waals surface area contributed by atoms with Gasteiger partial charge in [-0.15, -0.1) is 0 Å². The zero-order valence-corrected chi connectivity index (χ0v) is 12.8. The first-order valence-corrected chi connectivity index (χ1v) is 7.23. The Morgan fingerprint density at radius 3 is 2.57 bits per heavy atom. The Morgan fingerprint density at radius 2 is 1.91 bits per heavy atom. The largest absolute Gasteiger partial charge is 0.489 e. The number of aliphatic hydroxyl groups is 1. The van der Waals surface area contributed by atoms with Crippen LogP contribution < -0.4 is 15.4 Å². The van der Waals surface area contributed by atoms with E-state index in [1.165, 1.54) is 6.07 Å². The summed E-state index contributed by atoms with van der Waals surface area (Å²) in [5, 5.41) is 14.1. The van der Waals surface area contributed by atoms with Crippen molar-refractivity contribution in [3.05, 3.63) is 59.9 Å². The molecule has 2 aromatic carbocycles. The average Bonchev–Trinajstić information content (AvgIpc) is 2.55. The summed E-state index contributed by atoms with van der Waals surface area (Å²) in [6.45, 7) is 1.70. The second-order valence-electron chi connectivity index (χ2n) is 5.09. The van der Waals surface area contributed by atoms with Gasteiger partial charge in [-0.1, -0.05) is 18.2 Å². The van der Waals surface area contributed by atoms with Crippen molar-refractivity contribution in [3.8, 4) is 5.75 Å². The molecule has 0 aliphatic heterocycles. The van der Waals surface area contributed by atoms with Crippen LogP contribution in [0.5, 0.6) is 5.75 Å². The second kappa shape index (κ2) is 8.14. The van der Waals surface area contributed by atoms with Crippen molar-refractivity contribution in [1.29, 1.82) is 0 Å². The van der Waals surface area contributed by atoms with Crippen LogP contribution in [0, 0.1) is 5.82 Å². The zero-order chi connectivity index (χ0) is 16.7. The van der Waals surface area contributed by atoms with Gasteiger partial charge in [0.05, 0.1) is 12.6 Å². The molecule has 0 fully saturated rings. The van der Waals surface area contributed by atoms with E-state index in [2.05, 4.69) is 10.6 Å². The van der Waals surface area contributed by atoms with Gasteiger partial charge in [-0.25, -0.2) is 9.18 Å². The van der Waals surface area contributed by atoms with E-state index in [4.69, 9.17) is 9.84 Å². The quantitative estimate of drug-likeness (QED) is 0.767. The Morgan fingerprint density at radius 1 is 1.22 bits per heavy atom. The van der Waals surface area contributed by atoms with Crippen molar-refractivity contribution in [3.63, 3.8) is 0 Å². The number of urea groups is 1. The number of carbonyl (C=O) groups excluding carboxylic acids is 1. The Bertz CT molecular complexity index is 647. The van der Waals surface area contributed by atoms with Crippen LogP contribution in [-0.2, 0) is 6.61 Å². The van der Waals surface area contributed by atoms with Crippen molar-refractivity contribution in [2.45, 2.75) is 19.6 Å². The lowest BCUT2D eigenvalue weighted by Crippen LogP contribution is -2.38. The van der Waals surface area contributed by atoms with Gasteiger partial charge in [-0.2, -0.15) is 0 Å². The maximum Gasteiger partial charge on any atom is 0.319 e. The van der Waals surface area contributed by atoms with Crippen LogP contribution in [0.4, 0.5) is 14.9 Å². The van der Waals surface area contributed by atoms with Crippen molar-refractivity contribution < 1.29 is 19.0 Å². The van der Waals surface area contributed by atoms with Gasteiger partial charge in [0.2, 0.25) is 0 Å². The molecule has 0 radical (unpaired) electrons. The van der Waals surface area contributed by atoms with E-state index in [0.717, 1.165) is 0 Å². The van der Waals surface area contributed by atoms with E-state index in [-0.39, 0.29) is 25.1 Å². The SMILES string of the molecule is C[C@@H](CO)NC(=O)Nc1ccc(OCc2ccccc2F)cc1. The van der Waals surface area contributed by atoms with Crippen molar-refractivity contribution in [2.75, 3.05) is 11.9 Å². The van der Waals surface area contributed by atoms with Crippen LogP contribution in [0.1, 0.15) is 12.5 Å². The third-order valence-electron chi connectivity index (χ3n) is 3.12. The van der Waals surface area contributed by atoms with Crippen LogP contribution in [0.2, 0.25) is 0 Å². The molecule has 0 unspecified atom stereocenters. The highest BCUT2D eigenvalue weighted by atomic mass is 19.1. The van der Waals surface area contributed by atoms with Crippen LogP contribution in [0.15, 0.2) is 48.5 Å². The minimum Gasteiger partial charge on any atom is -0.489 e. The highest BCUT2D eigenvalue weighted by molar-refractivity contribution is 5.89. The molecule has 0 aliphatic rings. The fourth-order valence-corrected chi connectivity index (χ4v) is 1.85. The molecule has 0 saturated carbocycles. The van der Waals surface area contributed by atoms with Crippen LogP contribution in [0.3, 0.4) is 0 Å². The molecule has 2 rings (SSSR count). The number of halogens is 1. The fourth-order valence-electron chi connectivity index (χ4n) is 1.85. The summed E-state index contributed by atoms with van der Waals surface area (Å²) in [6.07, 6.45) is 0. The second-order valence-corrected chi connectivity index (χ2v) is 5.09. The molecule has 0 saturated heterocycles. The number of hydrogen-bond donors (Lipinski definition) is 3. The van der Waals surface area contributed by atoms with E-state index in [1.54, 1.807) is 49.4 Å². The number of anilines is 1. The molecule has 0 aliphatic carbocycles. The Balaban J connectivity index is 1.87. The normalized spacial score (nSPS) is 11.6. The van der Waals surface area contributed by atoms with E-state index in [1.807, 2.05) is 0 Å². The van der Waals surface area contributed by atoms with Crippen molar-refractivity contribution in [2.24, 2.45) is 0 Å². The van der Waals surface area contributed by atoms with E-state index >= 15 is 0 Å². The fraction of sp³-hybridized carbons (Fsp3) is 0.235. The molecule has 5 nitrogen and oxygen atoms in total. The maximum atomic E-state index is 13.5. The predicted molar refractivity (Wildman–Crippen MR) is 85.9 cm³/mol. The summed E-state index contributed by atoms with van der Waals surface area (Å²) in [7, 11) is 0. The van der Waals surface area contributed by atoms with Crippen LogP contribution in [0.25, 0.3) is 0 Å². The standard InChI is InChI=1S/C17H19FN2O3/c1-12(10-21)19-17(22)20-14-6-8-15(9-7-14)23-11-13-4-2-3-5-16(13)18/h2-9,12,21H,10-11H2,1H3,(H2,19,20,22)/t12-/m0/s1. The highest BCUT2D eigenvalue weighted by Crippen LogP contribution is 2.17. The van der Waals surface area contributed by atoms with Gasteiger partial charge in [-0.05, 0) is 37.3 Å². The Kier molecular flexibility index (Phi) is 5.94. The molecule has 3 N–H and O–H groups in total. The summed E-state index contributed by atoms with van der Waals surface area (Å²) in [4.78, 5) is 11.6. The third-order valence-corrected chi connectivity index (χ3v) is 3.12. The summed E-state index contributed by atoms with van der Waals surface area (Å²) >= 11 is 0. The smallest absolute Gasteiger partial charge is 0.319 e. The number of aliphatic hydroxyl groups excluding tert-OH is 1. The average molecular weight is 318 g/mol.